The third-order valence-corrected chi connectivity index (χ3v) is 3.83. The van der Waals surface area contributed by atoms with E-state index >= 15 is 0 Å². The normalized spacial score (nSPS) is 14.4. The van der Waals surface area contributed by atoms with Gasteiger partial charge in [0.25, 0.3) is 0 Å². The Hall–Kier alpha value is -2.64. The zero-order chi connectivity index (χ0) is 17.5. The van der Waals surface area contributed by atoms with Crippen molar-refractivity contribution in [2.45, 2.75) is 12.8 Å². The van der Waals surface area contributed by atoms with Gasteiger partial charge in [0, 0.05) is 32.7 Å². The molecule has 1 saturated heterocycles. The molecule has 1 fully saturated rings. The number of halogens is 1. The lowest BCUT2D eigenvalue weighted by molar-refractivity contribution is -0.137. The number of aliphatic carboxylic acids is 1. The number of carboxylic acid groups (broad SMARTS) is 1. The van der Waals surface area contributed by atoms with Crippen molar-refractivity contribution in [1.82, 2.24) is 15.1 Å². The molecule has 7 nitrogen and oxygen atoms in total. The van der Waals surface area contributed by atoms with E-state index in [4.69, 9.17) is 5.11 Å². The standard InChI is InChI=1S/C16H20FN3O4/c17-13-4-2-1-3-12(13)11-14(21)19-7-9-20(10-8-19)16(24)18-6-5-15(22)23/h1-4H,5-11H2,(H,18,24)(H,22,23). The van der Waals surface area contributed by atoms with Gasteiger partial charge in [-0.05, 0) is 11.6 Å². The highest BCUT2D eigenvalue weighted by molar-refractivity contribution is 5.80. The summed E-state index contributed by atoms with van der Waals surface area (Å²) < 4.78 is 13.6. The van der Waals surface area contributed by atoms with Crippen LogP contribution < -0.4 is 5.32 Å². The topological polar surface area (TPSA) is 89.9 Å². The fourth-order valence-corrected chi connectivity index (χ4v) is 2.46. The van der Waals surface area contributed by atoms with E-state index in [0.29, 0.717) is 31.7 Å². The summed E-state index contributed by atoms with van der Waals surface area (Å²) in [5, 5.41) is 11.1. The maximum atomic E-state index is 13.6. The molecule has 0 bridgehead atoms. The quantitative estimate of drug-likeness (QED) is 0.827. The Balaban J connectivity index is 1.77. The predicted octanol–water partition coefficient (Wildman–Crippen LogP) is 0.697. The molecule has 2 N–H and O–H groups in total. The van der Waals surface area contributed by atoms with E-state index in [0.717, 1.165) is 0 Å². The third-order valence-electron chi connectivity index (χ3n) is 3.83. The summed E-state index contributed by atoms with van der Waals surface area (Å²) >= 11 is 0. The second-order valence-electron chi connectivity index (χ2n) is 5.51. The van der Waals surface area contributed by atoms with Crippen molar-refractivity contribution in [2.75, 3.05) is 32.7 Å². The van der Waals surface area contributed by atoms with E-state index in [9.17, 15) is 18.8 Å². The summed E-state index contributed by atoms with van der Waals surface area (Å²) in [5.41, 5.74) is 0.358. The largest absolute Gasteiger partial charge is 0.481 e. The first kappa shape index (κ1) is 17.7. The van der Waals surface area contributed by atoms with Gasteiger partial charge in [-0.1, -0.05) is 18.2 Å². The molecule has 0 atom stereocenters. The number of benzene rings is 1. The van der Waals surface area contributed by atoms with Crippen molar-refractivity contribution in [1.29, 1.82) is 0 Å². The molecular weight excluding hydrogens is 317 g/mol. The van der Waals surface area contributed by atoms with Crippen LogP contribution in [0.1, 0.15) is 12.0 Å². The number of rotatable bonds is 5. The van der Waals surface area contributed by atoms with Gasteiger partial charge >= 0.3 is 12.0 Å². The van der Waals surface area contributed by atoms with E-state index in [1.165, 1.54) is 11.0 Å². The highest BCUT2D eigenvalue weighted by Crippen LogP contribution is 2.10. The monoisotopic (exact) mass is 337 g/mol. The number of carboxylic acids is 1. The SMILES string of the molecule is O=C(O)CCNC(=O)N1CCN(C(=O)Cc2ccccc2F)CC1. The Bertz CT molecular complexity index is 615. The van der Waals surface area contributed by atoms with Crippen molar-refractivity contribution in [3.05, 3.63) is 35.6 Å². The van der Waals surface area contributed by atoms with Crippen molar-refractivity contribution in [3.8, 4) is 0 Å². The molecule has 1 heterocycles. The van der Waals surface area contributed by atoms with Crippen LogP contribution in [0, 0.1) is 5.82 Å². The first-order valence-electron chi connectivity index (χ1n) is 7.73. The Morgan fingerprint density at radius 2 is 1.71 bits per heavy atom. The minimum Gasteiger partial charge on any atom is -0.481 e. The smallest absolute Gasteiger partial charge is 0.317 e. The van der Waals surface area contributed by atoms with Gasteiger partial charge in [0.2, 0.25) is 5.91 Å². The number of amides is 3. The number of hydrogen-bond donors (Lipinski definition) is 2. The number of nitrogens with zero attached hydrogens (tertiary/aromatic N) is 2. The van der Waals surface area contributed by atoms with Crippen molar-refractivity contribution in [2.24, 2.45) is 0 Å². The number of hydrogen-bond acceptors (Lipinski definition) is 3. The van der Waals surface area contributed by atoms with Gasteiger partial charge < -0.3 is 20.2 Å². The van der Waals surface area contributed by atoms with Crippen LogP contribution in [0.4, 0.5) is 9.18 Å². The second kappa shape index (κ2) is 8.28. The summed E-state index contributed by atoms with van der Waals surface area (Å²) in [4.78, 5) is 37.6. The van der Waals surface area contributed by atoms with Crippen LogP contribution in [0.2, 0.25) is 0 Å². The Morgan fingerprint density at radius 3 is 2.33 bits per heavy atom. The van der Waals surface area contributed by atoms with E-state index < -0.39 is 11.8 Å². The van der Waals surface area contributed by atoms with Crippen molar-refractivity contribution >= 4 is 17.9 Å². The first-order valence-corrected chi connectivity index (χ1v) is 7.73. The summed E-state index contributed by atoms with van der Waals surface area (Å²) in [7, 11) is 0. The third kappa shape index (κ3) is 4.94. The maximum absolute atomic E-state index is 13.6. The molecular formula is C16H20FN3O4. The number of carbonyl (C=O) groups excluding carboxylic acids is 2. The van der Waals surface area contributed by atoms with Crippen LogP contribution in [0.15, 0.2) is 24.3 Å². The molecule has 1 aliphatic rings. The first-order chi connectivity index (χ1) is 11.5. The lowest BCUT2D eigenvalue weighted by atomic mass is 10.1. The maximum Gasteiger partial charge on any atom is 0.317 e. The molecule has 0 aromatic heterocycles. The number of nitrogens with one attached hydrogen (secondary N) is 1. The van der Waals surface area contributed by atoms with E-state index in [1.807, 2.05) is 0 Å². The molecule has 1 aromatic rings. The second-order valence-corrected chi connectivity index (χ2v) is 5.51. The summed E-state index contributed by atoms with van der Waals surface area (Å²) in [6.07, 6.45) is -0.135. The van der Waals surface area contributed by atoms with Gasteiger partial charge in [-0.25, -0.2) is 9.18 Å². The zero-order valence-electron chi connectivity index (χ0n) is 13.2. The Labute approximate surface area is 139 Å². The molecule has 1 aliphatic heterocycles. The van der Waals surface area contributed by atoms with Crippen LogP contribution in [-0.2, 0) is 16.0 Å². The van der Waals surface area contributed by atoms with Crippen LogP contribution in [0.5, 0.6) is 0 Å². The molecule has 0 saturated carbocycles. The minimum atomic E-state index is -0.973. The number of carbonyl (C=O) groups is 3. The lowest BCUT2D eigenvalue weighted by Gasteiger charge is -2.34. The lowest BCUT2D eigenvalue weighted by Crippen LogP contribution is -2.53. The van der Waals surface area contributed by atoms with E-state index in [2.05, 4.69) is 5.32 Å². The fraction of sp³-hybridized carbons (Fsp3) is 0.438. The summed E-state index contributed by atoms with van der Waals surface area (Å²) in [5.74, 6) is -1.55. The molecule has 1 aromatic carbocycles. The van der Waals surface area contributed by atoms with E-state index in [1.54, 1.807) is 23.1 Å². The zero-order valence-corrected chi connectivity index (χ0v) is 13.2. The Morgan fingerprint density at radius 1 is 1.08 bits per heavy atom. The molecule has 0 unspecified atom stereocenters. The molecule has 8 heteroatoms. The number of urea groups is 1. The highest BCUT2D eigenvalue weighted by Gasteiger charge is 2.24. The molecule has 2 rings (SSSR count). The van der Waals surface area contributed by atoms with Crippen LogP contribution in [0.3, 0.4) is 0 Å². The Kier molecular flexibility index (Phi) is 6.11. The van der Waals surface area contributed by atoms with E-state index in [-0.39, 0.29) is 31.3 Å². The summed E-state index contributed by atoms with van der Waals surface area (Å²) in [6, 6.07) is 5.83. The molecule has 24 heavy (non-hydrogen) atoms. The molecule has 130 valence electrons. The number of piperazine rings is 1. The average Bonchev–Trinajstić information content (AvgIpc) is 2.56. The van der Waals surface area contributed by atoms with Crippen LogP contribution in [-0.4, -0.2) is 65.5 Å². The van der Waals surface area contributed by atoms with Crippen LogP contribution in [0.25, 0.3) is 0 Å². The minimum absolute atomic E-state index is 0.00250. The van der Waals surface area contributed by atoms with Gasteiger partial charge in [-0.2, -0.15) is 0 Å². The van der Waals surface area contributed by atoms with Gasteiger partial charge in [0.15, 0.2) is 0 Å². The van der Waals surface area contributed by atoms with Gasteiger partial charge in [-0.3, -0.25) is 9.59 Å². The van der Waals surface area contributed by atoms with Crippen LogP contribution >= 0.6 is 0 Å². The average molecular weight is 337 g/mol. The molecule has 3 amide bonds. The van der Waals surface area contributed by atoms with Crippen molar-refractivity contribution in [3.63, 3.8) is 0 Å². The molecule has 0 spiro atoms. The highest BCUT2D eigenvalue weighted by atomic mass is 19.1. The van der Waals surface area contributed by atoms with Gasteiger partial charge in [0.1, 0.15) is 5.82 Å². The predicted molar refractivity (Wildman–Crippen MR) is 83.9 cm³/mol. The molecule has 0 radical (unpaired) electrons. The molecule has 0 aliphatic carbocycles. The summed E-state index contributed by atoms with van der Waals surface area (Å²) in [6.45, 7) is 1.55. The fourth-order valence-electron chi connectivity index (χ4n) is 2.46. The van der Waals surface area contributed by atoms with Gasteiger partial charge in [0.05, 0.1) is 12.8 Å². The van der Waals surface area contributed by atoms with Gasteiger partial charge in [-0.15, -0.1) is 0 Å². The van der Waals surface area contributed by atoms with Crippen molar-refractivity contribution < 1.29 is 23.9 Å².